The van der Waals surface area contributed by atoms with E-state index in [-0.39, 0.29) is 30.3 Å². The van der Waals surface area contributed by atoms with Crippen LogP contribution in [0.15, 0.2) is 28.7 Å². The number of halogens is 2. The first-order valence-electron chi connectivity index (χ1n) is 7.18. The van der Waals surface area contributed by atoms with Crippen molar-refractivity contribution < 1.29 is 9.59 Å². The van der Waals surface area contributed by atoms with E-state index in [0.29, 0.717) is 25.2 Å². The van der Waals surface area contributed by atoms with Crippen LogP contribution < -0.4 is 11.1 Å². The van der Waals surface area contributed by atoms with Gasteiger partial charge in [-0.15, -0.1) is 12.4 Å². The maximum Gasteiger partial charge on any atom is 0.254 e. The number of hydrogen-bond donors (Lipinski definition) is 2. The minimum absolute atomic E-state index is 0. The van der Waals surface area contributed by atoms with Gasteiger partial charge in [-0.3, -0.25) is 9.59 Å². The van der Waals surface area contributed by atoms with E-state index in [1.165, 1.54) is 0 Å². The number of rotatable bonds is 5. The van der Waals surface area contributed by atoms with Gasteiger partial charge in [0, 0.05) is 23.1 Å². The Morgan fingerprint density at radius 3 is 2.64 bits per heavy atom. The molecule has 1 aliphatic rings. The predicted molar refractivity (Wildman–Crippen MR) is 92.1 cm³/mol. The molecule has 22 heavy (non-hydrogen) atoms. The number of benzene rings is 1. The second-order valence-electron chi connectivity index (χ2n) is 5.10. The summed E-state index contributed by atoms with van der Waals surface area (Å²) in [7, 11) is 0. The van der Waals surface area contributed by atoms with Crippen molar-refractivity contribution in [2.75, 3.05) is 19.6 Å². The molecule has 0 bridgehead atoms. The van der Waals surface area contributed by atoms with Crippen molar-refractivity contribution >= 4 is 40.2 Å². The van der Waals surface area contributed by atoms with Gasteiger partial charge < -0.3 is 16.0 Å². The van der Waals surface area contributed by atoms with Crippen molar-refractivity contribution in [3.8, 4) is 0 Å². The van der Waals surface area contributed by atoms with Crippen molar-refractivity contribution in [1.29, 1.82) is 0 Å². The summed E-state index contributed by atoms with van der Waals surface area (Å²) in [5.74, 6) is -0.162. The summed E-state index contributed by atoms with van der Waals surface area (Å²) in [4.78, 5) is 26.3. The number of likely N-dealkylation sites (tertiary alicyclic amines) is 1. The molecule has 2 amide bonds. The van der Waals surface area contributed by atoms with E-state index in [0.717, 1.165) is 23.7 Å². The van der Waals surface area contributed by atoms with Crippen LogP contribution in [0.25, 0.3) is 0 Å². The Morgan fingerprint density at radius 2 is 2.00 bits per heavy atom. The van der Waals surface area contributed by atoms with Gasteiger partial charge in [0.1, 0.15) is 6.04 Å². The number of amides is 2. The van der Waals surface area contributed by atoms with Crippen LogP contribution in [0.4, 0.5) is 0 Å². The van der Waals surface area contributed by atoms with Gasteiger partial charge in [0.25, 0.3) is 5.91 Å². The highest BCUT2D eigenvalue weighted by Gasteiger charge is 2.34. The van der Waals surface area contributed by atoms with Crippen LogP contribution >= 0.6 is 28.3 Å². The molecule has 5 nitrogen and oxygen atoms in total. The Bertz CT molecular complexity index is 510. The number of carbonyl (C=O) groups is 2. The lowest BCUT2D eigenvalue weighted by Gasteiger charge is -2.24. The first-order chi connectivity index (χ1) is 10.1. The second-order valence-corrected chi connectivity index (χ2v) is 6.01. The number of nitrogens with two attached hydrogens (primary N) is 1. The Labute approximate surface area is 145 Å². The molecule has 0 radical (unpaired) electrons. The van der Waals surface area contributed by atoms with Crippen LogP contribution in [0, 0.1) is 0 Å². The molecule has 0 saturated carbocycles. The zero-order chi connectivity index (χ0) is 15.2. The van der Waals surface area contributed by atoms with E-state index < -0.39 is 0 Å². The molecular weight excluding hydrogens is 370 g/mol. The first-order valence-corrected chi connectivity index (χ1v) is 7.97. The van der Waals surface area contributed by atoms with Crippen LogP contribution in [-0.2, 0) is 4.79 Å². The SMILES string of the molecule is Cl.NCCCNC(=O)C1CCCN1C(=O)c1ccc(Br)cc1. The smallest absolute Gasteiger partial charge is 0.254 e. The van der Waals surface area contributed by atoms with Gasteiger partial charge >= 0.3 is 0 Å². The third-order valence-electron chi connectivity index (χ3n) is 3.59. The van der Waals surface area contributed by atoms with Crippen molar-refractivity contribution in [3.05, 3.63) is 34.3 Å². The van der Waals surface area contributed by atoms with Gasteiger partial charge in [-0.25, -0.2) is 0 Å². The first kappa shape index (κ1) is 18.9. The third-order valence-corrected chi connectivity index (χ3v) is 4.12. The zero-order valence-electron chi connectivity index (χ0n) is 12.3. The molecule has 1 fully saturated rings. The normalized spacial score (nSPS) is 17.0. The number of carbonyl (C=O) groups excluding carboxylic acids is 2. The van der Waals surface area contributed by atoms with Gasteiger partial charge in [-0.2, -0.15) is 0 Å². The summed E-state index contributed by atoms with van der Waals surface area (Å²) in [6.07, 6.45) is 2.33. The maximum absolute atomic E-state index is 12.5. The fourth-order valence-electron chi connectivity index (χ4n) is 2.47. The summed E-state index contributed by atoms with van der Waals surface area (Å²) >= 11 is 3.35. The van der Waals surface area contributed by atoms with E-state index in [9.17, 15) is 9.59 Å². The minimum atomic E-state index is -0.362. The lowest BCUT2D eigenvalue weighted by molar-refractivity contribution is -0.124. The molecule has 3 N–H and O–H groups in total. The summed E-state index contributed by atoms with van der Waals surface area (Å²) in [5, 5.41) is 2.85. The zero-order valence-corrected chi connectivity index (χ0v) is 14.7. The van der Waals surface area contributed by atoms with Gasteiger partial charge in [0.15, 0.2) is 0 Å². The van der Waals surface area contributed by atoms with Crippen molar-refractivity contribution in [3.63, 3.8) is 0 Å². The number of nitrogens with one attached hydrogen (secondary N) is 1. The average molecular weight is 391 g/mol. The molecule has 2 rings (SSSR count). The van der Waals surface area contributed by atoms with Crippen LogP contribution in [0.1, 0.15) is 29.6 Å². The van der Waals surface area contributed by atoms with Gasteiger partial charge in [0.2, 0.25) is 5.91 Å². The van der Waals surface area contributed by atoms with E-state index in [2.05, 4.69) is 21.2 Å². The van der Waals surface area contributed by atoms with Crippen molar-refractivity contribution in [2.24, 2.45) is 5.73 Å². The largest absolute Gasteiger partial charge is 0.354 e. The van der Waals surface area contributed by atoms with E-state index in [1.807, 2.05) is 12.1 Å². The molecule has 7 heteroatoms. The molecule has 0 aliphatic carbocycles. The lowest BCUT2D eigenvalue weighted by Crippen LogP contribution is -2.46. The summed E-state index contributed by atoms with van der Waals surface area (Å²) in [5.41, 5.74) is 6.02. The molecule has 0 aromatic heterocycles. The van der Waals surface area contributed by atoms with Crippen molar-refractivity contribution in [2.45, 2.75) is 25.3 Å². The molecule has 1 atom stereocenters. The Kier molecular flexibility index (Phi) is 7.85. The van der Waals surface area contributed by atoms with E-state index in [4.69, 9.17) is 5.73 Å². The Balaban J connectivity index is 0.00000242. The third kappa shape index (κ3) is 4.69. The summed E-state index contributed by atoms with van der Waals surface area (Å²) in [6, 6.07) is 6.85. The molecule has 1 aromatic rings. The average Bonchev–Trinajstić information content (AvgIpc) is 2.97. The highest BCUT2D eigenvalue weighted by atomic mass is 79.9. The Hall–Kier alpha value is -1.11. The highest BCUT2D eigenvalue weighted by molar-refractivity contribution is 9.10. The maximum atomic E-state index is 12.5. The fraction of sp³-hybridized carbons (Fsp3) is 0.467. The topological polar surface area (TPSA) is 75.4 Å². The predicted octanol–water partition coefficient (Wildman–Crippen LogP) is 1.94. The quantitative estimate of drug-likeness (QED) is 0.755. The molecule has 1 heterocycles. The van der Waals surface area contributed by atoms with Gasteiger partial charge in [-0.1, -0.05) is 15.9 Å². The fourth-order valence-corrected chi connectivity index (χ4v) is 2.74. The van der Waals surface area contributed by atoms with Crippen molar-refractivity contribution in [1.82, 2.24) is 10.2 Å². The lowest BCUT2D eigenvalue weighted by atomic mass is 10.1. The van der Waals surface area contributed by atoms with Crippen LogP contribution in [0.3, 0.4) is 0 Å². The van der Waals surface area contributed by atoms with E-state index >= 15 is 0 Å². The summed E-state index contributed by atoms with van der Waals surface area (Å²) in [6.45, 7) is 1.74. The standard InChI is InChI=1S/C15H20BrN3O2.ClH/c16-12-6-4-11(5-7-12)15(21)19-10-1-3-13(19)14(20)18-9-2-8-17;/h4-7,13H,1-3,8-10,17H2,(H,18,20);1H. The molecule has 0 spiro atoms. The molecular formula is C15H21BrClN3O2. The number of nitrogens with zero attached hydrogens (tertiary/aromatic N) is 1. The van der Waals surface area contributed by atoms with Gasteiger partial charge in [0.05, 0.1) is 0 Å². The molecule has 1 aromatic carbocycles. The monoisotopic (exact) mass is 389 g/mol. The minimum Gasteiger partial charge on any atom is -0.354 e. The highest BCUT2D eigenvalue weighted by Crippen LogP contribution is 2.21. The number of hydrogen-bond acceptors (Lipinski definition) is 3. The van der Waals surface area contributed by atoms with Gasteiger partial charge in [-0.05, 0) is 50.1 Å². The molecule has 122 valence electrons. The van der Waals surface area contributed by atoms with Crippen LogP contribution in [0.2, 0.25) is 0 Å². The van der Waals surface area contributed by atoms with E-state index in [1.54, 1.807) is 17.0 Å². The Morgan fingerprint density at radius 1 is 1.32 bits per heavy atom. The molecule has 1 unspecified atom stereocenters. The summed E-state index contributed by atoms with van der Waals surface area (Å²) < 4.78 is 0.927. The van der Waals surface area contributed by atoms with Crippen LogP contribution in [0.5, 0.6) is 0 Å². The van der Waals surface area contributed by atoms with Crippen LogP contribution in [-0.4, -0.2) is 42.4 Å². The molecule has 1 saturated heterocycles. The molecule has 1 aliphatic heterocycles. The second kappa shape index (κ2) is 9.12.